The molecule has 0 radical (unpaired) electrons. The molecule has 6 nitrogen and oxygen atoms in total. The summed E-state index contributed by atoms with van der Waals surface area (Å²) >= 11 is 1.46. The summed E-state index contributed by atoms with van der Waals surface area (Å²) in [6, 6.07) is 7.72. The van der Waals surface area contributed by atoms with Crippen molar-refractivity contribution >= 4 is 34.1 Å². The van der Waals surface area contributed by atoms with E-state index in [-0.39, 0.29) is 24.3 Å². The van der Waals surface area contributed by atoms with Gasteiger partial charge in [-0.1, -0.05) is 25.1 Å². The molecule has 3 heterocycles. The zero-order valence-corrected chi connectivity index (χ0v) is 17.1. The summed E-state index contributed by atoms with van der Waals surface area (Å²) in [6.45, 7) is 3.18. The lowest BCUT2D eigenvalue weighted by molar-refractivity contribution is -0.118. The van der Waals surface area contributed by atoms with Crippen LogP contribution in [0.2, 0.25) is 0 Å². The van der Waals surface area contributed by atoms with Gasteiger partial charge in [0, 0.05) is 31.1 Å². The Labute approximate surface area is 168 Å². The highest BCUT2D eigenvalue weighted by atomic mass is 32.1. The zero-order valence-electron chi connectivity index (χ0n) is 16.3. The average molecular weight is 398 g/mol. The van der Waals surface area contributed by atoms with E-state index < -0.39 is 0 Å². The van der Waals surface area contributed by atoms with Crippen LogP contribution in [0.3, 0.4) is 0 Å². The van der Waals surface area contributed by atoms with E-state index in [4.69, 9.17) is 0 Å². The number of hydrogen-bond donors (Lipinski definition) is 0. The Hall–Kier alpha value is -2.67. The first kappa shape index (κ1) is 18.7. The van der Waals surface area contributed by atoms with E-state index in [9.17, 15) is 14.4 Å². The van der Waals surface area contributed by atoms with Gasteiger partial charge in [0.25, 0.3) is 11.8 Å². The molecule has 1 aromatic carbocycles. The zero-order chi connectivity index (χ0) is 20.0. The molecule has 1 aromatic heterocycles. The van der Waals surface area contributed by atoms with Gasteiger partial charge in [0.2, 0.25) is 5.91 Å². The van der Waals surface area contributed by atoms with Gasteiger partial charge >= 0.3 is 0 Å². The lowest BCUT2D eigenvalue weighted by Crippen LogP contribution is -2.37. The number of anilines is 1. The van der Waals surface area contributed by atoms with Crippen molar-refractivity contribution in [2.75, 3.05) is 32.1 Å². The van der Waals surface area contributed by atoms with E-state index in [1.807, 2.05) is 36.1 Å². The number of aryl methyl sites for hydroxylation is 1. The van der Waals surface area contributed by atoms with E-state index in [1.165, 1.54) is 16.2 Å². The fourth-order valence-corrected chi connectivity index (χ4v) is 5.24. The Morgan fingerprint density at radius 2 is 1.89 bits per heavy atom. The Morgan fingerprint density at radius 1 is 1.14 bits per heavy atom. The topological polar surface area (TPSA) is 60.9 Å². The first-order valence-corrected chi connectivity index (χ1v) is 10.3. The highest BCUT2D eigenvalue weighted by molar-refractivity contribution is 7.17. The van der Waals surface area contributed by atoms with Gasteiger partial charge in [-0.15, -0.1) is 11.3 Å². The molecule has 2 aliphatic heterocycles. The third-order valence-corrected chi connectivity index (χ3v) is 6.86. The first-order chi connectivity index (χ1) is 13.4. The maximum absolute atomic E-state index is 13.1. The maximum Gasteiger partial charge on any atom is 0.257 e. The molecular formula is C21H23N3O3S. The Kier molecular flexibility index (Phi) is 4.71. The molecule has 0 saturated heterocycles. The van der Waals surface area contributed by atoms with Crippen LogP contribution in [-0.2, 0) is 24.2 Å². The SMILES string of the molecule is CCc1ccccc1C(=O)N1CCc2c(sc3c2C(=O)N(C)CC(=O)N3C)C1. The quantitative estimate of drug-likeness (QED) is 0.783. The second kappa shape index (κ2) is 7.05. The van der Waals surface area contributed by atoms with Gasteiger partial charge in [-0.05, 0) is 30.0 Å². The number of carbonyl (C=O) groups is 3. The summed E-state index contributed by atoms with van der Waals surface area (Å²) in [5.41, 5.74) is 3.42. The van der Waals surface area contributed by atoms with Crippen LogP contribution < -0.4 is 4.90 Å². The molecular weight excluding hydrogens is 374 g/mol. The first-order valence-electron chi connectivity index (χ1n) is 9.46. The molecule has 4 rings (SSSR count). The summed E-state index contributed by atoms with van der Waals surface area (Å²) < 4.78 is 0. The Morgan fingerprint density at radius 3 is 2.64 bits per heavy atom. The normalized spacial score (nSPS) is 16.8. The summed E-state index contributed by atoms with van der Waals surface area (Å²) in [6.07, 6.45) is 1.44. The number of benzene rings is 1. The van der Waals surface area contributed by atoms with Crippen LogP contribution in [0.15, 0.2) is 24.3 Å². The molecule has 2 aliphatic rings. The van der Waals surface area contributed by atoms with E-state index >= 15 is 0 Å². The molecule has 28 heavy (non-hydrogen) atoms. The van der Waals surface area contributed by atoms with Crippen molar-refractivity contribution in [1.29, 1.82) is 0 Å². The van der Waals surface area contributed by atoms with Crippen LogP contribution in [0.5, 0.6) is 0 Å². The van der Waals surface area contributed by atoms with E-state index in [0.29, 0.717) is 30.1 Å². The number of rotatable bonds is 2. The summed E-state index contributed by atoms with van der Waals surface area (Å²) in [4.78, 5) is 44.2. The van der Waals surface area contributed by atoms with Crippen LogP contribution >= 0.6 is 11.3 Å². The van der Waals surface area contributed by atoms with Gasteiger partial charge < -0.3 is 14.7 Å². The van der Waals surface area contributed by atoms with Gasteiger partial charge in [-0.3, -0.25) is 14.4 Å². The van der Waals surface area contributed by atoms with Gasteiger partial charge in [0.05, 0.1) is 12.1 Å². The Bertz CT molecular complexity index is 981. The molecule has 0 N–H and O–H groups in total. The lowest BCUT2D eigenvalue weighted by Gasteiger charge is -2.28. The summed E-state index contributed by atoms with van der Waals surface area (Å²) in [5.74, 6) is -0.182. The number of likely N-dealkylation sites (N-methyl/N-ethyl adjacent to an activating group) is 2. The van der Waals surface area contributed by atoms with Crippen molar-refractivity contribution < 1.29 is 14.4 Å². The van der Waals surface area contributed by atoms with Crippen LogP contribution in [-0.4, -0.2) is 54.7 Å². The van der Waals surface area contributed by atoms with Crippen LogP contribution in [0.25, 0.3) is 0 Å². The minimum Gasteiger partial charge on any atom is -0.333 e. The van der Waals surface area contributed by atoms with E-state index in [1.54, 1.807) is 19.0 Å². The standard InChI is InChI=1S/C21H23N3O3S/c1-4-13-7-5-6-8-14(13)19(26)24-10-9-15-16(11-24)28-21-18(15)20(27)22(2)12-17(25)23(21)3/h5-8H,4,9-12H2,1-3H3. The van der Waals surface area contributed by atoms with Crippen molar-refractivity contribution in [2.24, 2.45) is 0 Å². The second-order valence-corrected chi connectivity index (χ2v) is 8.37. The van der Waals surface area contributed by atoms with Crippen LogP contribution in [0.4, 0.5) is 5.00 Å². The largest absolute Gasteiger partial charge is 0.333 e. The molecule has 0 fully saturated rings. The molecule has 7 heteroatoms. The molecule has 0 unspecified atom stereocenters. The van der Waals surface area contributed by atoms with E-state index in [2.05, 4.69) is 0 Å². The third-order valence-electron chi connectivity index (χ3n) is 5.57. The molecule has 2 aromatic rings. The Balaban J connectivity index is 1.68. The van der Waals surface area contributed by atoms with Crippen molar-refractivity contribution in [1.82, 2.24) is 9.80 Å². The minimum absolute atomic E-state index is 0.0274. The van der Waals surface area contributed by atoms with Crippen molar-refractivity contribution in [3.8, 4) is 0 Å². The highest BCUT2D eigenvalue weighted by Gasteiger charge is 2.36. The van der Waals surface area contributed by atoms with Crippen LogP contribution in [0, 0.1) is 0 Å². The lowest BCUT2D eigenvalue weighted by atomic mass is 9.99. The van der Waals surface area contributed by atoms with Crippen molar-refractivity contribution in [3.63, 3.8) is 0 Å². The third kappa shape index (κ3) is 2.90. The summed E-state index contributed by atoms with van der Waals surface area (Å²) in [5, 5.41) is 0.701. The van der Waals surface area contributed by atoms with Gasteiger partial charge in [0.1, 0.15) is 11.5 Å². The number of fused-ring (bicyclic) bond motifs is 3. The summed E-state index contributed by atoms with van der Waals surface area (Å²) in [7, 11) is 3.38. The number of thiophene rings is 1. The minimum atomic E-state index is -0.110. The number of amides is 3. The van der Waals surface area contributed by atoms with Gasteiger partial charge in [0.15, 0.2) is 0 Å². The van der Waals surface area contributed by atoms with Crippen molar-refractivity contribution in [3.05, 3.63) is 51.4 Å². The van der Waals surface area contributed by atoms with Crippen LogP contribution in [0.1, 0.15) is 43.6 Å². The number of nitrogens with zero attached hydrogens (tertiary/aromatic N) is 3. The van der Waals surface area contributed by atoms with Gasteiger partial charge in [-0.2, -0.15) is 0 Å². The second-order valence-electron chi connectivity index (χ2n) is 7.29. The molecule has 0 atom stereocenters. The molecule has 0 spiro atoms. The molecule has 0 saturated carbocycles. The highest BCUT2D eigenvalue weighted by Crippen LogP contribution is 2.41. The fraction of sp³-hybridized carbons (Fsp3) is 0.381. The van der Waals surface area contributed by atoms with E-state index in [0.717, 1.165) is 28.0 Å². The molecule has 3 amide bonds. The maximum atomic E-state index is 13.1. The molecule has 0 aliphatic carbocycles. The monoisotopic (exact) mass is 397 g/mol. The number of hydrogen-bond acceptors (Lipinski definition) is 4. The average Bonchev–Trinajstić information content (AvgIpc) is 3.07. The fourth-order valence-electron chi connectivity index (χ4n) is 3.91. The van der Waals surface area contributed by atoms with Crippen molar-refractivity contribution in [2.45, 2.75) is 26.3 Å². The predicted molar refractivity (Wildman–Crippen MR) is 109 cm³/mol. The molecule has 0 bridgehead atoms. The predicted octanol–water partition coefficient (Wildman–Crippen LogP) is 2.56. The van der Waals surface area contributed by atoms with Gasteiger partial charge in [-0.25, -0.2) is 0 Å². The molecule has 146 valence electrons. The number of carbonyl (C=O) groups excluding carboxylic acids is 3. The smallest absolute Gasteiger partial charge is 0.257 e.